The molecule has 0 saturated heterocycles. The summed E-state index contributed by atoms with van der Waals surface area (Å²) in [5.41, 5.74) is 2.71. The van der Waals surface area contributed by atoms with Crippen LogP contribution in [-0.4, -0.2) is 6.21 Å². The Morgan fingerprint density at radius 3 is 2.69 bits per heavy atom. The first-order chi connectivity index (χ1) is 7.84. The lowest BCUT2D eigenvalue weighted by Gasteiger charge is -2.08. The van der Waals surface area contributed by atoms with Gasteiger partial charge in [0.2, 0.25) is 0 Å². The molecule has 1 aliphatic heterocycles. The van der Waals surface area contributed by atoms with E-state index in [0.29, 0.717) is 0 Å². The zero-order valence-corrected chi connectivity index (χ0v) is 8.68. The third kappa shape index (κ3) is 1.39. The Balaban J connectivity index is 2.21. The zero-order chi connectivity index (χ0) is 11.0. The first kappa shape index (κ1) is 9.16. The van der Waals surface area contributed by atoms with Gasteiger partial charge < -0.3 is 4.74 Å². The van der Waals surface area contributed by atoms with Gasteiger partial charge in [-0.1, -0.05) is 24.3 Å². The number of benzene rings is 2. The van der Waals surface area contributed by atoms with Crippen molar-refractivity contribution < 1.29 is 4.74 Å². The lowest BCUT2D eigenvalue weighted by Crippen LogP contribution is -1.90. The van der Waals surface area contributed by atoms with Gasteiger partial charge in [-0.15, -0.1) is 0 Å². The second-order valence-electron chi connectivity index (χ2n) is 3.66. The summed E-state index contributed by atoms with van der Waals surface area (Å²) in [4.78, 5) is 4.40. The molecular weight excluding hydrogens is 198 g/mol. The SMILES string of the molecule is [CH2]c1cccc2c1C=Nc1ccccc1O2. The van der Waals surface area contributed by atoms with E-state index in [0.717, 1.165) is 28.3 Å². The van der Waals surface area contributed by atoms with Gasteiger partial charge in [-0.05, 0) is 30.7 Å². The van der Waals surface area contributed by atoms with Gasteiger partial charge in [0, 0.05) is 11.8 Å². The summed E-state index contributed by atoms with van der Waals surface area (Å²) in [6.45, 7) is 3.97. The molecule has 1 heterocycles. The Kier molecular flexibility index (Phi) is 2.00. The highest BCUT2D eigenvalue weighted by atomic mass is 16.5. The molecule has 16 heavy (non-hydrogen) atoms. The van der Waals surface area contributed by atoms with Crippen LogP contribution in [0.15, 0.2) is 47.5 Å². The third-order valence-electron chi connectivity index (χ3n) is 2.57. The van der Waals surface area contributed by atoms with Crippen molar-refractivity contribution in [3.05, 3.63) is 60.5 Å². The van der Waals surface area contributed by atoms with Crippen molar-refractivity contribution in [1.29, 1.82) is 0 Å². The number of hydrogen-bond acceptors (Lipinski definition) is 2. The molecule has 1 aliphatic rings. The maximum absolute atomic E-state index is 5.82. The summed E-state index contributed by atoms with van der Waals surface area (Å²) in [5, 5.41) is 0. The molecular formula is C14H10NO. The standard InChI is InChI=1S/C14H10NO/c1-10-5-4-8-13-11(10)9-15-12-6-2-3-7-14(12)16-13/h2-9H,1H2. The fraction of sp³-hybridized carbons (Fsp3) is 0. The first-order valence-electron chi connectivity index (χ1n) is 5.10. The molecule has 77 valence electrons. The molecule has 0 atom stereocenters. The van der Waals surface area contributed by atoms with Gasteiger partial charge in [0.25, 0.3) is 0 Å². The van der Waals surface area contributed by atoms with Crippen LogP contribution in [0.4, 0.5) is 5.69 Å². The number of fused-ring (bicyclic) bond motifs is 2. The Morgan fingerprint density at radius 2 is 1.75 bits per heavy atom. The average Bonchev–Trinajstić information content (AvgIpc) is 2.48. The highest BCUT2D eigenvalue weighted by molar-refractivity contribution is 5.89. The molecule has 0 amide bonds. The number of ether oxygens (including phenoxy) is 1. The van der Waals surface area contributed by atoms with Gasteiger partial charge in [-0.2, -0.15) is 0 Å². The van der Waals surface area contributed by atoms with Crippen LogP contribution < -0.4 is 4.74 Å². The lowest BCUT2D eigenvalue weighted by molar-refractivity contribution is 0.484. The number of rotatable bonds is 0. The van der Waals surface area contributed by atoms with E-state index in [1.807, 2.05) is 48.7 Å². The van der Waals surface area contributed by atoms with Gasteiger partial charge in [0.05, 0.1) is 0 Å². The maximum atomic E-state index is 5.82. The zero-order valence-electron chi connectivity index (χ0n) is 8.68. The van der Waals surface area contributed by atoms with Crippen LogP contribution in [0.3, 0.4) is 0 Å². The topological polar surface area (TPSA) is 21.6 Å². The van der Waals surface area contributed by atoms with Crippen molar-refractivity contribution in [2.45, 2.75) is 0 Å². The Labute approximate surface area is 94.2 Å². The Bertz CT molecular complexity index is 573. The summed E-state index contributed by atoms with van der Waals surface area (Å²) in [5.74, 6) is 1.59. The predicted molar refractivity (Wildman–Crippen MR) is 64.7 cm³/mol. The van der Waals surface area contributed by atoms with E-state index in [2.05, 4.69) is 11.9 Å². The van der Waals surface area contributed by atoms with Crippen LogP contribution in [-0.2, 0) is 0 Å². The minimum atomic E-state index is 0.781. The number of aliphatic imine (C=N–C) groups is 1. The summed E-state index contributed by atoms with van der Waals surface area (Å²) < 4.78 is 5.82. The van der Waals surface area contributed by atoms with Gasteiger partial charge >= 0.3 is 0 Å². The summed E-state index contributed by atoms with van der Waals surface area (Å²) in [7, 11) is 0. The monoisotopic (exact) mass is 208 g/mol. The van der Waals surface area contributed by atoms with Crippen LogP contribution in [0.2, 0.25) is 0 Å². The highest BCUT2D eigenvalue weighted by Gasteiger charge is 2.11. The number of para-hydroxylation sites is 2. The molecule has 0 fully saturated rings. The summed E-state index contributed by atoms with van der Waals surface area (Å²) in [6.07, 6.45) is 1.81. The molecule has 0 spiro atoms. The molecule has 0 aliphatic carbocycles. The third-order valence-corrected chi connectivity index (χ3v) is 2.57. The summed E-state index contributed by atoms with van der Waals surface area (Å²) >= 11 is 0. The molecule has 2 aromatic rings. The summed E-state index contributed by atoms with van der Waals surface area (Å²) in [6, 6.07) is 13.5. The van der Waals surface area contributed by atoms with Crippen LogP contribution in [0.5, 0.6) is 11.5 Å². The van der Waals surface area contributed by atoms with Crippen LogP contribution >= 0.6 is 0 Å². The molecule has 0 saturated carbocycles. The molecule has 0 N–H and O–H groups in total. The van der Waals surface area contributed by atoms with E-state index >= 15 is 0 Å². The quantitative estimate of drug-likeness (QED) is 0.551. The molecule has 0 bridgehead atoms. The molecule has 0 unspecified atom stereocenters. The molecule has 2 heteroatoms. The Hall–Kier alpha value is -2.09. The molecule has 1 radical (unpaired) electrons. The van der Waals surface area contributed by atoms with Crippen molar-refractivity contribution >= 4 is 11.9 Å². The lowest BCUT2D eigenvalue weighted by atomic mass is 10.1. The van der Waals surface area contributed by atoms with Crippen molar-refractivity contribution in [2.24, 2.45) is 4.99 Å². The first-order valence-corrected chi connectivity index (χ1v) is 5.10. The van der Waals surface area contributed by atoms with Crippen molar-refractivity contribution in [3.8, 4) is 11.5 Å². The van der Waals surface area contributed by atoms with E-state index < -0.39 is 0 Å². The van der Waals surface area contributed by atoms with E-state index in [-0.39, 0.29) is 0 Å². The second-order valence-corrected chi connectivity index (χ2v) is 3.66. The van der Waals surface area contributed by atoms with Crippen LogP contribution in [0.1, 0.15) is 11.1 Å². The highest BCUT2D eigenvalue weighted by Crippen LogP contribution is 2.36. The smallest absolute Gasteiger partial charge is 0.153 e. The van der Waals surface area contributed by atoms with E-state index in [1.165, 1.54) is 0 Å². The van der Waals surface area contributed by atoms with Crippen molar-refractivity contribution in [2.75, 3.05) is 0 Å². The minimum Gasteiger partial charge on any atom is -0.454 e. The molecule has 2 nitrogen and oxygen atoms in total. The average molecular weight is 208 g/mol. The second kappa shape index (κ2) is 3.49. The molecule has 3 rings (SSSR count). The van der Waals surface area contributed by atoms with Crippen LogP contribution in [0, 0.1) is 6.92 Å². The normalized spacial score (nSPS) is 12.3. The van der Waals surface area contributed by atoms with Gasteiger partial charge in [0.15, 0.2) is 5.75 Å². The maximum Gasteiger partial charge on any atom is 0.153 e. The molecule has 0 aromatic heterocycles. The number of nitrogens with zero attached hydrogens (tertiary/aromatic N) is 1. The predicted octanol–water partition coefficient (Wildman–Crippen LogP) is 3.73. The fourth-order valence-electron chi connectivity index (χ4n) is 1.73. The van der Waals surface area contributed by atoms with Gasteiger partial charge in [0.1, 0.15) is 11.4 Å². The fourth-order valence-corrected chi connectivity index (χ4v) is 1.73. The minimum absolute atomic E-state index is 0.781. The number of hydrogen-bond donors (Lipinski definition) is 0. The van der Waals surface area contributed by atoms with Crippen molar-refractivity contribution in [3.63, 3.8) is 0 Å². The van der Waals surface area contributed by atoms with Crippen LogP contribution in [0.25, 0.3) is 0 Å². The van der Waals surface area contributed by atoms with Gasteiger partial charge in [-0.25, -0.2) is 0 Å². The van der Waals surface area contributed by atoms with E-state index in [9.17, 15) is 0 Å². The van der Waals surface area contributed by atoms with E-state index in [1.54, 1.807) is 0 Å². The van der Waals surface area contributed by atoms with Gasteiger partial charge in [-0.3, -0.25) is 4.99 Å². The van der Waals surface area contributed by atoms with Crippen molar-refractivity contribution in [1.82, 2.24) is 0 Å². The molecule has 2 aromatic carbocycles. The largest absolute Gasteiger partial charge is 0.454 e. The Morgan fingerprint density at radius 1 is 0.938 bits per heavy atom. The van der Waals surface area contributed by atoms with E-state index in [4.69, 9.17) is 4.74 Å².